The fourth-order valence-corrected chi connectivity index (χ4v) is 1.51. The Balaban J connectivity index is 2.28. The van der Waals surface area contributed by atoms with Gasteiger partial charge in [0.25, 0.3) is 0 Å². The van der Waals surface area contributed by atoms with E-state index in [4.69, 9.17) is 14.2 Å². The van der Waals surface area contributed by atoms with Gasteiger partial charge < -0.3 is 14.2 Å². The lowest BCUT2D eigenvalue weighted by Crippen LogP contribution is -2.35. The second-order valence-electron chi connectivity index (χ2n) is 3.55. The first kappa shape index (κ1) is 12.0. The van der Waals surface area contributed by atoms with Crippen molar-refractivity contribution in [1.82, 2.24) is 0 Å². The molecule has 0 aromatic rings. The van der Waals surface area contributed by atoms with E-state index in [0.717, 1.165) is 0 Å². The molecule has 15 heavy (non-hydrogen) atoms. The van der Waals surface area contributed by atoms with Gasteiger partial charge in [-0.3, -0.25) is 9.59 Å². The lowest BCUT2D eigenvalue weighted by molar-refractivity contribution is -0.160. The van der Waals surface area contributed by atoms with Gasteiger partial charge in [0.2, 0.25) is 0 Å². The lowest BCUT2D eigenvalue weighted by Gasteiger charge is -2.28. The third kappa shape index (κ3) is 4.78. The van der Waals surface area contributed by atoms with Crippen molar-refractivity contribution in [3.05, 3.63) is 0 Å². The number of hydrogen-bond donors (Lipinski definition) is 0. The Labute approximate surface area is 88.7 Å². The third-order valence-corrected chi connectivity index (χ3v) is 2.12. The van der Waals surface area contributed by atoms with Gasteiger partial charge in [-0.25, -0.2) is 0 Å². The van der Waals surface area contributed by atoms with Crippen LogP contribution in [0.2, 0.25) is 0 Å². The van der Waals surface area contributed by atoms with Gasteiger partial charge in [0.15, 0.2) is 0 Å². The van der Waals surface area contributed by atoms with E-state index >= 15 is 0 Å². The average molecular weight is 216 g/mol. The Morgan fingerprint density at radius 2 is 2.07 bits per heavy atom. The van der Waals surface area contributed by atoms with Gasteiger partial charge in [-0.15, -0.1) is 0 Å². The number of esters is 2. The SMILES string of the molecule is CC(=O)OCC1CC(OC(C)=O)CCO1. The normalized spacial score (nSPS) is 25.7. The van der Waals surface area contributed by atoms with Crippen LogP contribution < -0.4 is 0 Å². The van der Waals surface area contributed by atoms with E-state index in [-0.39, 0.29) is 30.8 Å². The molecule has 0 saturated carbocycles. The highest BCUT2D eigenvalue weighted by Gasteiger charge is 2.25. The summed E-state index contributed by atoms with van der Waals surface area (Å²) >= 11 is 0. The Bertz CT molecular complexity index is 238. The van der Waals surface area contributed by atoms with Crippen molar-refractivity contribution >= 4 is 11.9 Å². The van der Waals surface area contributed by atoms with Crippen LogP contribution in [-0.4, -0.2) is 37.4 Å². The molecule has 5 nitrogen and oxygen atoms in total. The molecule has 1 aliphatic heterocycles. The minimum Gasteiger partial charge on any atom is -0.463 e. The summed E-state index contributed by atoms with van der Waals surface area (Å²) in [5.41, 5.74) is 0. The van der Waals surface area contributed by atoms with Crippen molar-refractivity contribution in [2.75, 3.05) is 13.2 Å². The molecule has 86 valence electrons. The molecule has 0 amide bonds. The van der Waals surface area contributed by atoms with Gasteiger partial charge >= 0.3 is 11.9 Å². The molecule has 0 N–H and O–H groups in total. The summed E-state index contributed by atoms with van der Waals surface area (Å²) < 4.78 is 15.3. The second-order valence-corrected chi connectivity index (χ2v) is 3.55. The zero-order valence-corrected chi connectivity index (χ0v) is 9.02. The molecule has 1 aliphatic rings. The van der Waals surface area contributed by atoms with Crippen molar-refractivity contribution in [2.24, 2.45) is 0 Å². The fourth-order valence-electron chi connectivity index (χ4n) is 1.51. The molecular weight excluding hydrogens is 200 g/mol. The maximum absolute atomic E-state index is 10.7. The summed E-state index contributed by atoms with van der Waals surface area (Å²) in [5, 5.41) is 0. The number of carbonyl (C=O) groups excluding carboxylic acids is 2. The molecule has 2 unspecified atom stereocenters. The molecule has 0 aliphatic carbocycles. The molecule has 2 atom stereocenters. The van der Waals surface area contributed by atoms with E-state index in [1.807, 2.05) is 0 Å². The average Bonchev–Trinajstić information content (AvgIpc) is 2.14. The molecule has 5 heteroatoms. The summed E-state index contributed by atoms with van der Waals surface area (Å²) in [6, 6.07) is 0. The van der Waals surface area contributed by atoms with Crippen LogP contribution in [-0.2, 0) is 23.8 Å². The summed E-state index contributed by atoms with van der Waals surface area (Å²) in [4.78, 5) is 21.3. The number of carbonyl (C=O) groups is 2. The molecule has 1 heterocycles. The molecule has 0 spiro atoms. The Kier molecular flexibility index (Phi) is 4.55. The molecule has 1 rings (SSSR count). The Hall–Kier alpha value is -1.10. The van der Waals surface area contributed by atoms with E-state index < -0.39 is 0 Å². The highest BCUT2D eigenvalue weighted by molar-refractivity contribution is 5.66. The summed E-state index contributed by atoms with van der Waals surface area (Å²) in [7, 11) is 0. The highest BCUT2D eigenvalue weighted by atomic mass is 16.6. The van der Waals surface area contributed by atoms with E-state index in [2.05, 4.69) is 0 Å². The molecule has 0 radical (unpaired) electrons. The molecule has 1 fully saturated rings. The fraction of sp³-hybridized carbons (Fsp3) is 0.800. The minimum atomic E-state index is -0.326. The Morgan fingerprint density at radius 3 is 2.67 bits per heavy atom. The molecule has 0 bridgehead atoms. The second kappa shape index (κ2) is 5.70. The van der Waals surface area contributed by atoms with Gasteiger partial charge in [0.05, 0.1) is 12.7 Å². The summed E-state index contributed by atoms with van der Waals surface area (Å²) in [6.07, 6.45) is 1.02. The number of ether oxygens (including phenoxy) is 3. The molecular formula is C10H16O5. The summed E-state index contributed by atoms with van der Waals surface area (Å²) in [6.45, 7) is 3.50. The van der Waals surface area contributed by atoms with Crippen LogP contribution in [0.3, 0.4) is 0 Å². The van der Waals surface area contributed by atoms with Crippen molar-refractivity contribution < 1.29 is 23.8 Å². The molecule has 1 saturated heterocycles. The van der Waals surface area contributed by atoms with Gasteiger partial charge in [0.1, 0.15) is 12.7 Å². The van der Waals surface area contributed by atoms with Crippen molar-refractivity contribution in [3.8, 4) is 0 Å². The van der Waals surface area contributed by atoms with Crippen molar-refractivity contribution in [2.45, 2.75) is 38.9 Å². The maximum atomic E-state index is 10.7. The van der Waals surface area contributed by atoms with Crippen LogP contribution in [0.1, 0.15) is 26.7 Å². The van der Waals surface area contributed by atoms with E-state index in [9.17, 15) is 9.59 Å². The topological polar surface area (TPSA) is 61.8 Å². The maximum Gasteiger partial charge on any atom is 0.302 e. The van der Waals surface area contributed by atoms with Gasteiger partial charge in [-0.2, -0.15) is 0 Å². The van der Waals surface area contributed by atoms with Gasteiger partial charge in [-0.1, -0.05) is 0 Å². The zero-order chi connectivity index (χ0) is 11.3. The number of rotatable bonds is 3. The van der Waals surface area contributed by atoms with Crippen LogP contribution in [0.4, 0.5) is 0 Å². The molecule has 0 aromatic carbocycles. The largest absolute Gasteiger partial charge is 0.463 e. The van der Waals surface area contributed by atoms with Crippen LogP contribution in [0.25, 0.3) is 0 Å². The van der Waals surface area contributed by atoms with Gasteiger partial charge in [-0.05, 0) is 0 Å². The molecule has 0 aromatic heterocycles. The predicted molar refractivity (Wildman–Crippen MR) is 51.2 cm³/mol. The van der Waals surface area contributed by atoms with Crippen LogP contribution in [0.15, 0.2) is 0 Å². The minimum absolute atomic E-state index is 0.114. The first-order valence-corrected chi connectivity index (χ1v) is 5.00. The van der Waals surface area contributed by atoms with Gasteiger partial charge in [0, 0.05) is 26.7 Å². The standard InChI is InChI=1S/C10H16O5/c1-7(11)14-6-10-5-9(3-4-13-10)15-8(2)12/h9-10H,3-6H2,1-2H3. The van der Waals surface area contributed by atoms with Crippen LogP contribution in [0.5, 0.6) is 0 Å². The number of hydrogen-bond acceptors (Lipinski definition) is 5. The Morgan fingerprint density at radius 1 is 1.33 bits per heavy atom. The van der Waals surface area contributed by atoms with E-state index in [1.165, 1.54) is 13.8 Å². The first-order chi connectivity index (χ1) is 7.08. The van der Waals surface area contributed by atoms with Crippen LogP contribution in [0, 0.1) is 0 Å². The van der Waals surface area contributed by atoms with Crippen molar-refractivity contribution in [3.63, 3.8) is 0 Å². The van der Waals surface area contributed by atoms with E-state index in [0.29, 0.717) is 19.4 Å². The highest BCUT2D eigenvalue weighted by Crippen LogP contribution is 2.17. The third-order valence-electron chi connectivity index (χ3n) is 2.12. The first-order valence-electron chi connectivity index (χ1n) is 5.00. The predicted octanol–water partition coefficient (Wildman–Crippen LogP) is 0.660. The van der Waals surface area contributed by atoms with Crippen LogP contribution >= 0.6 is 0 Å². The summed E-state index contributed by atoms with van der Waals surface area (Å²) in [5.74, 6) is -0.610. The zero-order valence-electron chi connectivity index (χ0n) is 9.02. The monoisotopic (exact) mass is 216 g/mol. The van der Waals surface area contributed by atoms with Crippen molar-refractivity contribution in [1.29, 1.82) is 0 Å². The van der Waals surface area contributed by atoms with E-state index in [1.54, 1.807) is 0 Å². The quantitative estimate of drug-likeness (QED) is 0.648. The lowest BCUT2D eigenvalue weighted by atomic mass is 10.1. The smallest absolute Gasteiger partial charge is 0.302 e.